The summed E-state index contributed by atoms with van der Waals surface area (Å²) in [6.07, 6.45) is 8.65. The Morgan fingerprint density at radius 1 is 0.214 bits per heavy atom. The predicted octanol–water partition coefficient (Wildman–Crippen LogP) is 16.6. The van der Waals surface area contributed by atoms with Crippen molar-refractivity contribution in [2.75, 3.05) is 132 Å². The fourth-order valence-electron chi connectivity index (χ4n) is 15.2. The average Bonchev–Trinajstić information content (AvgIpc) is 0.608. The zero-order chi connectivity index (χ0) is 77.5. The Hall–Kier alpha value is -1.98. The highest BCUT2D eigenvalue weighted by Gasteiger charge is 3.07. The molecule has 2 rings (SSSR count). The Labute approximate surface area is 625 Å². The fraction of sp³-hybridized carbons (Fsp3) is 0.926. The maximum Gasteiger partial charge on any atom is 0.270 e. The highest BCUT2D eigenvalue weighted by molar-refractivity contribution is 6.00. The van der Waals surface area contributed by atoms with Crippen LogP contribution in [0.3, 0.4) is 0 Å². The Balaban J connectivity index is 5.21. The van der Waals surface area contributed by atoms with E-state index in [1.165, 1.54) is 12.2 Å². The van der Waals surface area contributed by atoms with Gasteiger partial charge in [-0.2, -0.15) is 0 Å². The first-order valence-electron chi connectivity index (χ1n) is 40.8. The second kappa shape index (κ2) is 47.3. The quantitative estimate of drug-likeness (QED) is 0.0408. The molecule has 2 fully saturated rings. The molecule has 22 heteroatoms. The Morgan fingerprint density at radius 2 is 0.330 bits per heavy atom. The molecule has 0 N–H and O–H groups in total. The first-order chi connectivity index (χ1) is 49.7. The Bertz CT molecular complexity index is 1990. The van der Waals surface area contributed by atoms with Crippen LogP contribution in [0.4, 0.5) is 0 Å². The van der Waals surface area contributed by atoms with E-state index in [4.69, 9.17) is 94.7 Å². The molecule has 0 aromatic carbocycles. The number of ketones is 2. The Kier molecular flexibility index (Phi) is 44.6. The summed E-state index contributed by atoms with van der Waals surface area (Å²) in [5.41, 5.74) is -14.1. The molecule has 0 bridgehead atoms. The molecule has 0 spiro atoms. The van der Waals surface area contributed by atoms with Gasteiger partial charge in [0.15, 0.2) is 22.8 Å². The molecule has 0 unspecified atom stereocenters. The minimum Gasteiger partial charge on any atom is -0.363 e. The standard InChI is InChI=1S/C81H152O22/c1-25-47-84-70(67(82)45-21)74(88-51-29-5,89-52-30-6)78(96-59-37-13,97-60-38-14)72(86-49-27-3,79(98-61-39-15,99-62-40-16)75(70,90-53-31-7)91-54-32-8)69(23,24)73(87-50-28-4)80(100-63-41-17,101-64-42-18)76(92-55-33-9,93-56-34-10)71(68(83)46-22,85-48-26-2)77(94-57-35-11,95-58-36-12)81(73,102-65-43-19)103-66-44-20/h45-46H,21-22,25-44,47-66H2,1-20,23-24H3. The van der Waals surface area contributed by atoms with Crippen molar-refractivity contribution in [3.63, 3.8) is 0 Å². The molecule has 0 aromatic heterocycles. The minimum absolute atomic E-state index is 0.152. The van der Waals surface area contributed by atoms with Gasteiger partial charge in [0.1, 0.15) is 0 Å². The van der Waals surface area contributed by atoms with Crippen LogP contribution in [0.5, 0.6) is 0 Å². The summed E-state index contributed by atoms with van der Waals surface area (Å²) in [6.45, 7) is 48.5. The van der Waals surface area contributed by atoms with E-state index >= 15 is 9.59 Å². The highest BCUT2D eigenvalue weighted by atomic mass is 16.9. The van der Waals surface area contributed by atoms with Crippen molar-refractivity contribution in [2.45, 2.75) is 349 Å². The van der Waals surface area contributed by atoms with Crippen LogP contribution < -0.4 is 0 Å². The molecule has 0 aromatic rings. The highest BCUT2D eigenvalue weighted by Crippen LogP contribution is 2.80. The lowest BCUT2D eigenvalue weighted by atomic mass is 9.41. The maximum absolute atomic E-state index is 17.6. The van der Waals surface area contributed by atoms with Crippen molar-refractivity contribution < 1.29 is 104 Å². The van der Waals surface area contributed by atoms with Gasteiger partial charge in [-0.3, -0.25) is 9.59 Å². The van der Waals surface area contributed by atoms with E-state index < -0.39 is 85.7 Å². The zero-order valence-electron chi connectivity index (χ0n) is 69.3. The number of carbonyl (C=O) groups excluding carboxylic acids is 2. The van der Waals surface area contributed by atoms with Crippen molar-refractivity contribution in [2.24, 2.45) is 5.41 Å². The molecule has 0 amide bonds. The second-order valence-corrected chi connectivity index (χ2v) is 27.4. The van der Waals surface area contributed by atoms with Crippen molar-refractivity contribution in [1.29, 1.82) is 0 Å². The van der Waals surface area contributed by atoms with Gasteiger partial charge in [0.2, 0.25) is 11.2 Å². The van der Waals surface area contributed by atoms with E-state index in [0.29, 0.717) is 116 Å². The van der Waals surface area contributed by atoms with E-state index in [9.17, 15) is 0 Å². The molecule has 0 radical (unpaired) electrons. The van der Waals surface area contributed by atoms with E-state index in [0.717, 1.165) is 0 Å². The van der Waals surface area contributed by atoms with Gasteiger partial charge >= 0.3 is 0 Å². The van der Waals surface area contributed by atoms with Gasteiger partial charge in [0.05, 0.1) is 106 Å². The van der Waals surface area contributed by atoms with Crippen LogP contribution in [0.25, 0.3) is 0 Å². The lowest BCUT2D eigenvalue weighted by Crippen LogP contribution is -3.07. The van der Waals surface area contributed by atoms with Crippen LogP contribution in [-0.2, 0) is 104 Å². The van der Waals surface area contributed by atoms with Crippen molar-refractivity contribution in [1.82, 2.24) is 0 Å². The molecule has 0 heterocycles. The first kappa shape index (κ1) is 97.1. The van der Waals surface area contributed by atoms with Crippen molar-refractivity contribution in [3.05, 3.63) is 25.3 Å². The van der Waals surface area contributed by atoms with Crippen LogP contribution >= 0.6 is 0 Å². The average molecular weight is 1480 g/mol. The molecule has 22 nitrogen and oxygen atoms in total. The normalized spacial score (nSPS) is 23.6. The lowest BCUT2D eigenvalue weighted by molar-refractivity contribution is -0.647. The number of ether oxygens (including phenoxy) is 20. The number of carbonyl (C=O) groups is 2. The first-order valence-corrected chi connectivity index (χ1v) is 40.8. The van der Waals surface area contributed by atoms with Gasteiger partial charge in [-0.25, -0.2) is 0 Å². The summed E-state index contributed by atoms with van der Waals surface area (Å²) >= 11 is 0. The summed E-state index contributed by atoms with van der Waals surface area (Å²) in [6, 6.07) is 0. The van der Waals surface area contributed by atoms with Crippen LogP contribution in [0.15, 0.2) is 25.3 Å². The third-order valence-corrected chi connectivity index (χ3v) is 18.5. The lowest BCUT2D eigenvalue weighted by Gasteiger charge is -2.81. The van der Waals surface area contributed by atoms with Crippen molar-refractivity contribution >= 4 is 11.6 Å². The smallest absolute Gasteiger partial charge is 0.270 e. The molecule has 2 saturated carbocycles. The van der Waals surface area contributed by atoms with Crippen LogP contribution in [0, 0.1) is 5.41 Å². The van der Waals surface area contributed by atoms with Crippen LogP contribution in [-0.4, -0.2) is 212 Å². The monoisotopic (exact) mass is 1480 g/mol. The minimum atomic E-state index is -2.92. The maximum atomic E-state index is 17.6. The molecule has 2 aliphatic rings. The van der Waals surface area contributed by atoms with Gasteiger partial charge in [-0.1, -0.05) is 165 Å². The summed E-state index contributed by atoms with van der Waals surface area (Å²) in [5, 5.41) is 0. The van der Waals surface area contributed by atoms with Gasteiger partial charge in [-0.15, -0.1) is 0 Å². The number of rotatable bonds is 66. The predicted molar refractivity (Wildman–Crippen MR) is 402 cm³/mol. The van der Waals surface area contributed by atoms with Gasteiger partial charge in [0.25, 0.3) is 46.3 Å². The molecule has 0 saturated heterocycles. The van der Waals surface area contributed by atoms with Crippen LogP contribution in [0.2, 0.25) is 0 Å². The van der Waals surface area contributed by atoms with Crippen molar-refractivity contribution in [3.8, 4) is 0 Å². The number of hydrogen-bond donors (Lipinski definition) is 0. The molecule has 2 aliphatic carbocycles. The zero-order valence-corrected chi connectivity index (χ0v) is 69.3. The topological polar surface area (TPSA) is 219 Å². The fourth-order valence-corrected chi connectivity index (χ4v) is 15.2. The number of hydrogen-bond acceptors (Lipinski definition) is 22. The van der Waals surface area contributed by atoms with E-state index in [1.54, 1.807) is 0 Å². The molecule has 0 atom stereocenters. The third-order valence-electron chi connectivity index (χ3n) is 18.5. The van der Waals surface area contributed by atoms with Gasteiger partial charge in [-0.05, 0) is 141 Å². The SMILES string of the molecule is C=CC(=O)C1(OCCC)C(OCCC)(OCCC)C(OCCC)(OCCC)C(OCCC)(C(C)(C)C2(OCCC)C(OCCC)(OCCC)C(OCCC)(OCCC)C(OCCC)(C(=O)C=C)C(OCCC)(OCCC)C2(OCCC)OCCC)C(OCCC)(OCCC)C1(OCCC)OCCC. The molecule has 608 valence electrons. The summed E-state index contributed by atoms with van der Waals surface area (Å²) in [5.74, 6) is -24.8. The molecule has 0 aliphatic heterocycles. The van der Waals surface area contributed by atoms with Gasteiger partial charge < -0.3 is 94.7 Å². The van der Waals surface area contributed by atoms with E-state index in [-0.39, 0.29) is 145 Å². The second-order valence-electron chi connectivity index (χ2n) is 27.4. The molecule has 103 heavy (non-hydrogen) atoms. The Morgan fingerprint density at radius 3 is 0.456 bits per heavy atom. The van der Waals surface area contributed by atoms with E-state index in [1.807, 2.05) is 152 Å². The largest absolute Gasteiger partial charge is 0.363 e. The third kappa shape index (κ3) is 16.7. The molecular formula is C81H152O22. The summed E-state index contributed by atoms with van der Waals surface area (Å²) in [4.78, 5) is 35.2. The van der Waals surface area contributed by atoms with E-state index in [2.05, 4.69) is 13.2 Å². The summed E-state index contributed by atoms with van der Waals surface area (Å²) in [7, 11) is 0. The summed E-state index contributed by atoms with van der Waals surface area (Å²) < 4.78 is 164. The molecular weight excluding hydrogens is 1320 g/mol. The van der Waals surface area contributed by atoms with Crippen LogP contribution in [0.1, 0.15) is 281 Å². The van der Waals surface area contributed by atoms with Gasteiger partial charge in [0, 0.05) is 31.8 Å².